The van der Waals surface area contributed by atoms with Gasteiger partial charge in [0.15, 0.2) is 0 Å². The summed E-state index contributed by atoms with van der Waals surface area (Å²) < 4.78 is 0. The van der Waals surface area contributed by atoms with Crippen molar-refractivity contribution in [3.05, 3.63) is 35.4 Å². The van der Waals surface area contributed by atoms with Gasteiger partial charge in [-0.05, 0) is 49.4 Å². The molecule has 0 unspecified atom stereocenters. The summed E-state index contributed by atoms with van der Waals surface area (Å²) in [5, 5.41) is 12.1. The highest BCUT2D eigenvalue weighted by Crippen LogP contribution is 2.26. The molecular weight excluding hydrogens is 228 g/mol. The Morgan fingerprint density at radius 1 is 1.33 bits per heavy atom. The van der Waals surface area contributed by atoms with E-state index in [2.05, 4.69) is 5.32 Å². The molecule has 1 amide bonds. The first-order valence-electron chi connectivity index (χ1n) is 6.44. The van der Waals surface area contributed by atoms with Gasteiger partial charge in [-0.25, -0.2) is 0 Å². The van der Waals surface area contributed by atoms with Gasteiger partial charge in [0.1, 0.15) is 0 Å². The lowest BCUT2D eigenvalue weighted by atomic mass is 9.82. The van der Waals surface area contributed by atoms with Crippen LogP contribution in [0.25, 0.3) is 0 Å². The predicted molar refractivity (Wildman–Crippen MR) is 70.3 cm³/mol. The summed E-state index contributed by atoms with van der Waals surface area (Å²) in [5.74, 6) is 0.385. The molecule has 1 fully saturated rings. The summed E-state index contributed by atoms with van der Waals surface area (Å²) in [6, 6.07) is 7.54. The van der Waals surface area contributed by atoms with Gasteiger partial charge < -0.3 is 16.2 Å². The zero-order chi connectivity index (χ0) is 13.0. The summed E-state index contributed by atoms with van der Waals surface area (Å²) in [6.07, 6.45) is 2.27. The molecule has 18 heavy (non-hydrogen) atoms. The Kier molecular flexibility index (Phi) is 4.33. The lowest BCUT2D eigenvalue weighted by Gasteiger charge is -2.31. The van der Waals surface area contributed by atoms with Crippen LogP contribution in [0.2, 0.25) is 0 Å². The molecule has 0 radical (unpaired) electrons. The zero-order valence-electron chi connectivity index (χ0n) is 10.4. The Balaban J connectivity index is 1.81. The third kappa shape index (κ3) is 3.31. The number of nitrogens with two attached hydrogens (primary N) is 1. The minimum atomic E-state index is -0.164. The average Bonchev–Trinajstić information content (AvgIpc) is 2.34. The van der Waals surface area contributed by atoms with Crippen molar-refractivity contribution in [3.63, 3.8) is 0 Å². The molecule has 4 nitrogen and oxygen atoms in total. The maximum absolute atomic E-state index is 11.8. The second kappa shape index (κ2) is 5.98. The number of carbonyl (C=O) groups excluding carboxylic acids is 1. The van der Waals surface area contributed by atoms with Crippen LogP contribution in [0, 0.1) is 5.92 Å². The molecule has 0 atom stereocenters. The summed E-state index contributed by atoms with van der Waals surface area (Å²) >= 11 is 0. The van der Waals surface area contributed by atoms with Crippen LogP contribution >= 0.6 is 0 Å². The minimum absolute atomic E-state index is 0.0457. The first kappa shape index (κ1) is 13.1. The second-order valence-electron chi connectivity index (χ2n) is 4.94. The number of amides is 1. The van der Waals surface area contributed by atoms with Crippen LogP contribution in [0.1, 0.15) is 28.8 Å². The number of rotatable bonds is 5. The van der Waals surface area contributed by atoms with Crippen molar-refractivity contribution in [3.8, 4) is 0 Å². The Morgan fingerprint density at radius 3 is 2.56 bits per heavy atom. The molecule has 0 spiro atoms. The smallest absolute Gasteiger partial charge is 0.251 e. The molecule has 1 aliphatic rings. The van der Waals surface area contributed by atoms with Crippen molar-refractivity contribution in [2.45, 2.75) is 25.4 Å². The normalized spacial score (nSPS) is 22.3. The van der Waals surface area contributed by atoms with Gasteiger partial charge in [0.05, 0.1) is 6.10 Å². The number of nitrogens with one attached hydrogen (secondary N) is 1. The van der Waals surface area contributed by atoms with Crippen molar-refractivity contribution < 1.29 is 9.90 Å². The Hall–Kier alpha value is -1.39. The van der Waals surface area contributed by atoms with Crippen LogP contribution in [0.15, 0.2) is 24.3 Å². The standard InChI is InChI=1S/C14H20N2O2/c15-6-5-10-1-3-12(4-2-10)14(18)16-9-11-7-13(17)8-11/h1-4,11,13,17H,5-9,15H2,(H,16,18). The van der Waals surface area contributed by atoms with Crippen LogP contribution < -0.4 is 11.1 Å². The van der Waals surface area contributed by atoms with Gasteiger partial charge in [-0.15, -0.1) is 0 Å². The average molecular weight is 248 g/mol. The largest absolute Gasteiger partial charge is 0.393 e. The van der Waals surface area contributed by atoms with E-state index in [0.717, 1.165) is 24.8 Å². The first-order valence-corrected chi connectivity index (χ1v) is 6.44. The quantitative estimate of drug-likeness (QED) is 0.717. The van der Waals surface area contributed by atoms with Gasteiger partial charge in [0.2, 0.25) is 0 Å². The molecule has 1 aliphatic carbocycles. The van der Waals surface area contributed by atoms with E-state index in [1.54, 1.807) is 0 Å². The molecule has 0 bridgehead atoms. The number of aliphatic hydroxyl groups is 1. The fraction of sp³-hybridized carbons (Fsp3) is 0.500. The lowest BCUT2D eigenvalue weighted by Crippen LogP contribution is -2.38. The molecule has 1 saturated carbocycles. The molecule has 0 aromatic heterocycles. The molecule has 1 aromatic rings. The molecule has 0 saturated heterocycles. The maximum Gasteiger partial charge on any atom is 0.251 e. The molecule has 4 N–H and O–H groups in total. The van der Waals surface area contributed by atoms with Gasteiger partial charge in [0, 0.05) is 12.1 Å². The molecule has 0 heterocycles. The molecule has 98 valence electrons. The molecular formula is C14H20N2O2. The minimum Gasteiger partial charge on any atom is -0.393 e. The van der Waals surface area contributed by atoms with Crippen molar-refractivity contribution in [2.75, 3.05) is 13.1 Å². The Morgan fingerprint density at radius 2 is 2.00 bits per heavy atom. The van der Waals surface area contributed by atoms with E-state index < -0.39 is 0 Å². The topological polar surface area (TPSA) is 75.4 Å². The summed E-state index contributed by atoms with van der Waals surface area (Å²) in [4.78, 5) is 11.8. The van der Waals surface area contributed by atoms with Gasteiger partial charge in [-0.1, -0.05) is 12.1 Å². The number of hydrogen-bond donors (Lipinski definition) is 3. The number of hydrogen-bond acceptors (Lipinski definition) is 3. The third-order valence-electron chi connectivity index (χ3n) is 3.41. The summed E-state index contributed by atoms with van der Waals surface area (Å²) in [6.45, 7) is 1.27. The Labute approximate surface area is 107 Å². The van der Waals surface area contributed by atoms with E-state index in [1.807, 2.05) is 24.3 Å². The van der Waals surface area contributed by atoms with Crippen LogP contribution in [0.3, 0.4) is 0 Å². The SMILES string of the molecule is NCCc1ccc(C(=O)NCC2CC(O)C2)cc1. The zero-order valence-corrected chi connectivity index (χ0v) is 10.4. The molecule has 0 aliphatic heterocycles. The summed E-state index contributed by atoms with van der Waals surface area (Å²) in [5.41, 5.74) is 7.30. The second-order valence-corrected chi connectivity index (χ2v) is 4.94. The maximum atomic E-state index is 11.8. The van der Waals surface area contributed by atoms with Gasteiger partial charge in [0.25, 0.3) is 5.91 Å². The predicted octanol–water partition coefficient (Wildman–Crippen LogP) is 0.688. The van der Waals surface area contributed by atoms with Crippen molar-refractivity contribution in [1.82, 2.24) is 5.32 Å². The number of carbonyl (C=O) groups is 1. The van der Waals surface area contributed by atoms with E-state index >= 15 is 0 Å². The van der Waals surface area contributed by atoms with Crippen molar-refractivity contribution in [1.29, 1.82) is 0 Å². The molecule has 4 heteroatoms. The van der Waals surface area contributed by atoms with E-state index in [-0.39, 0.29) is 12.0 Å². The highest BCUT2D eigenvalue weighted by Gasteiger charge is 2.27. The van der Waals surface area contributed by atoms with Crippen molar-refractivity contribution in [2.24, 2.45) is 11.7 Å². The van der Waals surface area contributed by atoms with Gasteiger partial charge in [-0.3, -0.25) is 4.79 Å². The molecule has 1 aromatic carbocycles. The van der Waals surface area contributed by atoms with Crippen LogP contribution in [-0.4, -0.2) is 30.2 Å². The third-order valence-corrected chi connectivity index (χ3v) is 3.41. The fourth-order valence-electron chi connectivity index (χ4n) is 2.20. The van der Waals surface area contributed by atoms with Crippen LogP contribution in [0.5, 0.6) is 0 Å². The summed E-state index contributed by atoms with van der Waals surface area (Å²) in [7, 11) is 0. The Bertz CT molecular complexity index is 397. The van der Waals surface area contributed by atoms with E-state index in [4.69, 9.17) is 10.8 Å². The van der Waals surface area contributed by atoms with E-state index in [9.17, 15) is 4.79 Å². The monoisotopic (exact) mass is 248 g/mol. The fourth-order valence-corrected chi connectivity index (χ4v) is 2.20. The number of benzene rings is 1. The number of aliphatic hydroxyl groups excluding tert-OH is 1. The highest BCUT2D eigenvalue weighted by molar-refractivity contribution is 5.94. The van der Waals surface area contributed by atoms with Gasteiger partial charge >= 0.3 is 0 Å². The van der Waals surface area contributed by atoms with E-state index in [0.29, 0.717) is 24.6 Å². The lowest BCUT2D eigenvalue weighted by molar-refractivity contribution is 0.0420. The highest BCUT2D eigenvalue weighted by atomic mass is 16.3. The van der Waals surface area contributed by atoms with Crippen molar-refractivity contribution >= 4 is 5.91 Å². The first-order chi connectivity index (χ1) is 8.69. The van der Waals surface area contributed by atoms with Crippen LogP contribution in [0.4, 0.5) is 0 Å². The van der Waals surface area contributed by atoms with Crippen LogP contribution in [-0.2, 0) is 6.42 Å². The van der Waals surface area contributed by atoms with E-state index in [1.165, 1.54) is 0 Å². The van der Waals surface area contributed by atoms with Gasteiger partial charge in [-0.2, -0.15) is 0 Å². The molecule has 2 rings (SSSR count).